The predicted molar refractivity (Wildman–Crippen MR) is 92.4 cm³/mol. The van der Waals surface area contributed by atoms with Crippen LogP contribution in [0.25, 0.3) is 0 Å². The van der Waals surface area contributed by atoms with E-state index in [9.17, 15) is 9.59 Å². The molecule has 1 fully saturated rings. The van der Waals surface area contributed by atoms with E-state index in [0.717, 1.165) is 31.6 Å². The minimum atomic E-state index is -0.589. The minimum Gasteiger partial charge on any atom is -0.367 e. The molecule has 2 rings (SSSR count). The lowest BCUT2D eigenvalue weighted by Gasteiger charge is -2.33. The van der Waals surface area contributed by atoms with Crippen molar-refractivity contribution >= 4 is 17.5 Å². The van der Waals surface area contributed by atoms with Crippen molar-refractivity contribution in [3.63, 3.8) is 0 Å². The highest BCUT2D eigenvalue weighted by Gasteiger charge is 2.23. The molecule has 0 aliphatic carbocycles. The van der Waals surface area contributed by atoms with E-state index in [0.29, 0.717) is 0 Å². The number of aryl methyl sites for hydroxylation is 1. The van der Waals surface area contributed by atoms with E-state index in [1.807, 2.05) is 33.3 Å². The summed E-state index contributed by atoms with van der Waals surface area (Å²) in [5.41, 5.74) is 6.82. The normalized spacial score (nSPS) is 19.2. The van der Waals surface area contributed by atoms with Crippen LogP contribution in [0.15, 0.2) is 12.4 Å². The Labute approximate surface area is 142 Å². The van der Waals surface area contributed by atoms with Crippen molar-refractivity contribution in [2.45, 2.75) is 38.8 Å². The van der Waals surface area contributed by atoms with Gasteiger partial charge in [0.15, 0.2) is 0 Å². The van der Waals surface area contributed by atoms with Gasteiger partial charge in [0.25, 0.3) is 0 Å². The van der Waals surface area contributed by atoms with Crippen LogP contribution in [0.3, 0.4) is 0 Å². The number of carbonyl (C=O) groups is 2. The zero-order chi connectivity index (χ0) is 17.7. The molecule has 134 valence electrons. The lowest BCUT2D eigenvalue weighted by atomic mass is 10.0. The summed E-state index contributed by atoms with van der Waals surface area (Å²) in [6, 6.07) is -0.518. The van der Waals surface area contributed by atoms with Crippen molar-refractivity contribution in [1.82, 2.24) is 20.4 Å². The summed E-state index contributed by atoms with van der Waals surface area (Å²) in [5, 5.41) is 9.77. The molecule has 0 bridgehead atoms. The van der Waals surface area contributed by atoms with E-state index in [-0.39, 0.29) is 30.3 Å². The van der Waals surface area contributed by atoms with Gasteiger partial charge in [-0.1, -0.05) is 13.8 Å². The van der Waals surface area contributed by atoms with Crippen LogP contribution >= 0.6 is 0 Å². The Bertz CT molecular complexity index is 571. The number of nitrogens with two attached hydrogens (primary N) is 1. The number of nitrogens with zero attached hydrogens (tertiary/aromatic N) is 3. The van der Waals surface area contributed by atoms with Gasteiger partial charge in [0.1, 0.15) is 0 Å². The molecule has 24 heavy (non-hydrogen) atoms. The summed E-state index contributed by atoms with van der Waals surface area (Å²) in [4.78, 5) is 26.1. The van der Waals surface area contributed by atoms with Crippen LogP contribution in [0.5, 0.6) is 0 Å². The van der Waals surface area contributed by atoms with Gasteiger partial charge in [0, 0.05) is 32.4 Å². The highest BCUT2D eigenvalue weighted by Crippen LogP contribution is 2.18. The molecule has 8 nitrogen and oxygen atoms in total. The lowest BCUT2D eigenvalue weighted by molar-refractivity contribution is -0.127. The van der Waals surface area contributed by atoms with E-state index >= 15 is 0 Å². The first kappa shape index (κ1) is 18.3. The zero-order valence-electron chi connectivity index (χ0n) is 14.7. The Morgan fingerprint density at radius 2 is 2.21 bits per heavy atom. The molecule has 1 saturated heterocycles. The monoisotopic (exact) mass is 336 g/mol. The molecular formula is C16H28N6O2. The number of anilines is 1. The molecule has 0 aromatic carbocycles. The molecule has 8 heteroatoms. The fourth-order valence-corrected chi connectivity index (χ4v) is 2.77. The summed E-state index contributed by atoms with van der Waals surface area (Å²) in [6.07, 6.45) is 5.74. The van der Waals surface area contributed by atoms with Gasteiger partial charge in [-0.15, -0.1) is 0 Å². The molecular weight excluding hydrogens is 308 g/mol. The number of hydrogen-bond acceptors (Lipinski definition) is 5. The number of rotatable bonds is 6. The quantitative estimate of drug-likeness (QED) is 0.656. The molecule has 0 spiro atoms. The molecule has 1 aromatic rings. The maximum absolute atomic E-state index is 12.1. The van der Waals surface area contributed by atoms with Gasteiger partial charge in [-0.25, -0.2) is 0 Å². The van der Waals surface area contributed by atoms with E-state index < -0.39 is 6.04 Å². The highest BCUT2D eigenvalue weighted by atomic mass is 16.2. The van der Waals surface area contributed by atoms with Gasteiger partial charge in [-0.3, -0.25) is 14.3 Å². The SMILES string of the molecule is CC(C)[C@H](N)C(=O)NCC(=O)NC1CCCN(c2cnn(C)c2)C1. The van der Waals surface area contributed by atoms with E-state index in [1.54, 1.807) is 4.68 Å². The van der Waals surface area contributed by atoms with Gasteiger partial charge in [0.2, 0.25) is 11.8 Å². The Balaban J connectivity index is 1.78. The third kappa shape index (κ3) is 4.95. The molecule has 1 aliphatic heterocycles. The Morgan fingerprint density at radius 1 is 1.46 bits per heavy atom. The third-order valence-corrected chi connectivity index (χ3v) is 4.29. The number of hydrogen-bond donors (Lipinski definition) is 3. The molecule has 2 heterocycles. The smallest absolute Gasteiger partial charge is 0.239 e. The van der Waals surface area contributed by atoms with Crippen LogP contribution < -0.4 is 21.3 Å². The third-order valence-electron chi connectivity index (χ3n) is 4.29. The summed E-state index contributed by atoms with van der Waals surface area (Å²) in [7, 11) is 1.89. The van der Waals surface area contributed by atoms with Crippen molar-refractivity contribution in [1.29, 1.82) is 0 Å². The lowest BCUT2D eigenvalue weighted by Crippen LogP contribution is -2.51. The standard InChI is InChI=1S/C16H28N6O2/c1-11(2)15(17)16(24)18-8-14(23)20-12-5-4-6-22(9-12)13-7-19-21(3)10-13/h7,10-12,15H,4-6,8-9,17H2,1-3H3,(H,18,24)(H,20,23)/t12?,15-/m0/s1. The maximum Gasteiger partial charge on any atom is 0.239 e. The predicted octanol–water partition coefficient (Wildman–Crippen LogP) is -0.395. The van der Waals surface area contributed by atoms with Gasteiger partial charge >= 0.3 is 0 Å². The molecule has 1 unspecified atom stereocenters. The van der Waals surface area contributed by atoms with Crippen molar-refractivity contribution in [2.75, 3.05) is 24.5 Å². The maximum atomic E-state index is 12.1. The summed E-state index contributed by atoms with van der Waals surface area (Å²) < 4.78 is 1.77. The van der Waals surface area contributed by atoms with Crippen LogP contribution in [0, 0.1) is 5.92 Å². The second-order valence-corrected chi connectivity index (χ2v) is 6.71. The van der Waals surface area contributed by atoms with Crippen LogP contribution in [0.4, 0.5) is 5.69 Å². The number of carbonyl (C=O) groups excluding carboxylic acids is 2. The zero-order valence-corrected chi connectivity index (χ0v) is 14.7. The average Bonchev–Trinajstić information content (AvgIpc) is 2.98. The van der Waals surface area contributed by atoms with Crippen LogP contribution in [-0.4, -0.2) is 53.3 Å². The molecule has 0 saturated carbocycles. The molecule has 0 radical (unpaired) electrons. The van der Waals surface area contributed by atoms with Crippen LogP contribution in [-0.2, 0) is 16.6 Å². The summed E-state index contributed by atoms with van der Waals surface area (Å²) in [5.74, 6) is -0.433. The highest BCUT2D eigenvalue weighted by molar-refractivity contribution is 5.87. The first-order valence-corrected chi connectivity index (χ1v) is 8.43. The van der Waals surface area contributed by atoms with Crippen LogP contribution in [0.2, 0.25) is 0 Å². The van der Waals surface area contributed by atoms with Gasteiger partial charge in [-0.2, -0.15) is 5.10 Å². The average molecular weight is 336 g/mol. The van der Waals surface area contributed by atoms with E-state index in [1.165, 1.54) is 0 Å². The van der Waals surface area contributed by atoms with Crippen LogP contribution in [0.1, 0.15) is 26.7 Å². The first-order chi connectivity index (χ1) is 11.4. The number of amides is 2. The number of nitrogens with one attached hydrogen (secondary N) is 2. The Hall–Kier alpha value is -2.09. The molecule has 4 N–H and O–H groups in total. The van der Waals surface area contributed by atoms with E-state index in [2.05, 4.69) is 20.6 Å². The van der Waals surface area contributed by atoms with E-state index in [4.69, 9.17) is 5.73 Å². The molecule has 2 atom stereocenters. The molecule has 1 aromatic heterocycles. The van der Waals surface area contributed by atoms with Gasteiger partial charge in [-0.05, 0) is 18.8 Å². The second kappa shape index (κ2) is 8.14. The summed E-state index contributed by atoms with van der Waals surface area (Å²) >= 11 is 0. The Morgan fingerprint density at radius 3 is 2.83 bits per heavy atom. The molecule has 1 aliphatic rings. The fraction of sp³-hybridized carbons (Fsp3) is 0.688. The van der Waals surface area contributed by atoms with Crippen molar-refractivity contribution in [2.24, 2.45) is 18.7 Å². The van der Waals surface area contributed by atoms with Crippen molar-refractivity contribution < 1.29 is 9.59 Å². The molecule has 2 amide bonds. The van der Waals surface area contributed by atoms with Gasteiger partial charge < -0.3 is 21.3 Å². The largest absolute Gasteiger partial charge is 0.367 e. The Kier molecular flexibility index (Phi) is 6.19. The first-order valence-electron chi connectivity index (χ1n) is 8.43. The van der Waals surface area contributed by atoms with Gasteiger partial charge in [0.05, 0.1) is 24.5 Å². The summed E-state index contributed by atoms with van der Waals surface area (Å²) in [6.45, 7) is 5.41. The van der Waals surface area contributed by atoms with Crippen molar-refractivity contribution in [3.8, 4) is 0 Å². The fourth-order valence-electron chi connectivity index (χ4n) is 2.77. The van der Waals surface area contributed by atoms with Crippen molar-refractivity contribution in [3.05, 3.63) is 12.4 Å². The number of piperidine rings is 1. The number of aromatic nitrogens is 2. The second-order valence-electron chi connectivity index (χ2n) is 6.71. The minimum absolute atomic E-state index is 0.0390. The topological polar surface area (TPSA) is 105 Å².